The average Bonchev–Trinajstić information content (AvgIpc) is 2.39. The first-order valence-electron chi connectivity index (χ1n) is 6.76. The molecule has 1 aromatic rings. The Labute approximate surface area is 109 Å². The van der Waals surface area contributed by atoms with Crippen molar-refractivity contribution < 1.29 is 0 Å². The highest BCUT2D eigenvalue weighted by molar-refractivity contribution is 5.41. The van der Waals surface area contributed by atoms with Gasteiger partial charge in [0.25, 0.3) is 0 Å². The fourth-order valence-electron chi connectivity index (χ4n) is 2.23. The van der Waals surface area contributed by atoms with Crippen LogP contribution in [0.5, 0.6) is 0 Å². The molecule has 1 aliphatic rings. The molecule has 1 saturated heterocycles. The smallest absolute Gasteiger partial charge is 0.146 e. The Bertz CT molecular complexity index is 360. The predicted molar refractivity (Wildman–Crippen MR) is 74.9 cm³/mol. The molecule has 0 atom stereocenters. The lowest BCUT2D eigenvalue weighted by atomic mass is 9.97. The van der Waals surface area contributed by atoms with Crippen LogP contribution in [0.4, 0.5) is 11.6 Å². The van der Waals surface area contributed by atoms with E-state index in [1.807, 2.05) is 0 Å². The number of hydrogen-bond acceptors (Lipinski definition) is 5. The summed E-state index contributed by atoms with van der Waals surface area (Å²) in [5.41, 5.74) is 0. The lowest BCUT2D eigenvalue weighted by Gasteiger charge is -2.29. The Hall–Kier alpha value is -1.36. The SMILES string of the molecule is CCNc1cncc(NCC2CCN(C)CC2)n1. The van der Waals surface area contributed by atoms with Crippen molar-refractivity contribution in [3.63, 3.8) is 0 Å². The molecule has 0 aliphatic carbocycles. The summed E-state index contributed by atoms with van der Waals surface area (Å²) in [6, 6.07) is 0. The van der Waals surface area contributed by atoms with Crippen molar-refractivity contribution in [3.05, 3.63) is 12.4 Å². The van der Waals surface area contributed by atoms with Crippen LogP contribution in [-0.4, -0.2) is 48.1 Å². The molecule has 0 unspecified atom stereocenters. The fourth-order valence-corrected chi connectivity index (χ4v) is 2.23. The highest BCUT2D eigenvalue weighted by atomic mass is 15.1. The molecule has 2 heterocycles. The van der Waals surface area contributed by atoms with Crippen molar-refractivity contribution in [2.75, 3.05) is 43.9 Å². The van der Waals surface area contributed by atoms with Crippen molar-refractivity contribution in [2.45, 2.75) is 19.8 Å². The third-order valence-corrected chi connectivity index (χ3v) is 3.40. The van der Waals surface area contributed by atoms with Gasteiger partial charge in [0, 0.05) is 13.1 Å². The molecule has 18 heavy (non-hydrogen) atoms. The monoisotopic (exact) mass is 249 g/mol. The maximum atomic E-state index is 4.47. The van der Waals surface area contributed by atoms with Gasteiger partial charge in [-0.15, -0.1) is 0 Å². The Kier molecular flexibility index (Phi) is 4.75. The van der Waals surface area contributed by atoms with E-state index in [1.165, 1.54) is 25.9 Å². The number of hydrogen-bond donors (Lipinski definition) is 2. The van der Waals surface area contributed by atoms with E-state index in [0.29, 0.717) is 0 Å². The molecule has 1 fully saturated rings. The normalized spacial score (nSPS) is 17.7. The Balaban J connectivity index is 1.80. The number of piperidine rings is 1. The average molecular weight is 249 g/mol. The highest BCUT2D eigenvalue weighted by Crippen LogP contribution is 2.16. The molecule has 100 valence electrons. The van der Waals surface area contributed by atoms with Crippen LogP contribution in [-0.2, 0) is 0 Å². The third-order valence-electron chi connectivity index (χ3n) is 3.40. The van der Waals surface area contributed by atoms with E-state index in [1.54, 1.807) is 12.4 Å². The Morgan fingerprint density at radius 1 is 1.22 bits per heavy atom. The number of anilines is 2. The first kappa shape index (κ1) is 13.1. The molecule has 1 aromatic heterocycles. The minimum Gasteiger partial charge on any atom is -0.369 e. The van der Waals surface area contributed by atoms with Crippen LogP contribution in [0.1, 0.15) is 19.8 Å². The van der Waals surface area contributed by atoms with Crippen LogP contribution in [0.3, 0.4) is 0 Å². The predicted octanol–water partition coefficient (Wildman–Crippen LogP) is 1.66. The minimum absolute atomic E-state index is 0.755. The van der Waals surface area contributed by atoms with Crippen LogP contribution in [0.2, 0.25) is 0 Å². The van der Waals surface area contributed by atoms with Crippen molar-refractivity contribution in [1.82, 2.24) is 14.9 Å². The number of nitrogens with one attached hydrogen (secondary N) is 2. The molecule has 0 spiro atoms. The van der Waals surface area contributed by atoms with Gasteiger partial charge in [-0.2, -0.15) is 0 Å². The molecule has 2 N–H and O–H groups in total. The van der Waals surface area contributed by atoms with Gasteiger partial charge in [-0.05, 0) is 45.8 Å². The van der Waals surface area contributed by atoms with Crippen LogP contribution >= 0.6 is 0 Å². The number of rotatable bonds is 5. The highest BCUT2D eigenvalue weighted by Gasteiger charge is 2.16. The van der Waals surface area contributed by atoms with Crippen molar-refractivity contribution in [1.29, 1.82) is 0 Å². The van der Waals surface area contributed by atoms with Gasteiger partial charge >= 0.3 is 0 Å². The second kappa shape index (κ2) is 6.54. The maximum Gasteiger partial charge on any atom is 0.146 e. The molecular weight excluding hydrogens is 226 g/mol. The zero-order valence-electron chi connectivity index (χ0n) is 11.3. The topological polar surface area (TPSA) is 53.1 Å². The van der Waals surface area contributed by atoms with Gasteiger partial charge in [-0.3, -0.25) is 4.98 Å². The Morgan fingerprint density at radius 3 is 2.56 bits per heavy atom. The van der Waals surface area contributed by atoms with E-state index in [4.69, 9.17) is 0 Å². The number of nitrogens with zero attached hydrogens (tertiary/aromatic N) is 3. The largest absolute Gasteiger partial charge is 0.369 e. The van der Waals surface area contributed by atoms with Gasteiger partial charge in [-0.1, -0.05) is 0 Å². The standard InChI is InChI=1S/C13H23N5/c1-3-15-12-9-14-10-13(17-12)16-8-11-4-6-18(2)7-5-11/h9-11H,3-8H2,1-2H3,(H2,15,16,17). The summed E-state index contributed by atoms with van der Waals surface area (Å²) in [4.78, 5) is 11.0. The van der Waals surface area contributed by atoms with E-state index in [-0.39, 0.29) is 0 Å². The zero-order valence-corrected chi connectivity index (χ0v) is 11.3. The molecule has 2 rings (SSSR count). The molecule has 0 saturated carbocycles. The molecule has 0 aromatic carbocycles. The summed E-state index contributed by atoms with van der Waals surface area (Å²) in [5, 5.41) is 6.57. The van der Waals surface area contributed by atoms with Crippen LogP contribution in [0, 0.1) is 5.92 Å². The molecule has 1 aliphatic heterocycles. The lowest BCUT2D eigenvalue weighted by molar-refractivity contribution is 0.226. The summed E-state index contributed by atoms with van der Waals surface area (Å²) in [5.74, 6) is 2.46. The molecule has 0 amide bonds. The van der Waals surface area contributed by atoms with Gasteiger partial charge in [0.15, 0.2) is 0 Å². The van der Waals surface area contributed by atoms with E-state index in [9.17, 15) is 0 Å². The summed E-state index contributed by atoms with van der Waals surface area (Å²) < 4.78 is 0. The summed E-state index contributed by atoms with van der Waals surface area (Å²) in [6.07, 6.45) is 6.08. The van der Waals surface area contributed by atoms with Crippen molar-refractivity contribution >= 4 is 11.6 Å². The molecule has 0 radical (unpaired) electrons. The maximum absolute atomic E-state index is 4.47. The van der Waals surface area contributed by atoms with E-state index in [0.717, 1.165) is 30.6 Å². The van der Waals surface area contributed by atoms with E-state index < -0.39 is 0 Å². The van der Waals surface area contributed by atoms with Crippen molar-refractivity contribution in [2.24, 2.45) is 5.92 Å². The van der Waals surface area contributed by atoms with Gasteiger partial charge in [-0.25, -0.2) is 4.98 Å². The zero-order chi connectivity index (χ0) is 12.8. The van der Waals surface area contributed by atoms with E-state index >= 15 is 0 Å². The van der Waals surface area contributed by atoms with Gasteiger partial charge in [0.2, 0.25) is 0 Å². The second-order valence-electron chi connectivity index (χ2n) is 4.95. The molecule has 0 bridgehead atoms. The minimum atomic E-state index is 0.755. The number of aromatic nitrogens is 2. The third kappa shape index (κ3) is 3.84. The lowest BCUT2D eigenvalue weighted by Crippen LogP contribution is -2.33. The molecular formula is C13H23N5. The van der Waals surface area contributed by atoms with Crippen LogP contribution in [0.25, 0.3) is 0 Å². The van der Waals surface area contributed by atoms with Crippen LogP contribution < -0.4 is 10.6 Å². The fraction of sp³-hybridized carbons (Fsp3) is 0.692. The van der Waals surface area contributed by atoms with Crippen molar-refractivity contribution in [3.8, 4) is 0 Å². The van der Waals surface area contributed by atoms with Gasteiger partial charge in [0.05, 0.1) is 12.4 Å². The molecule has 5 heteroatoms. The summed E-state index contributed by atoms with van der Waals surface area (Å²) in [6.45, 7) is 6.33. The van der Waals surface area contributed by atoms with Gasteiger partial charge < -0.3 is 15.5 Å². The van der Waals surface area contributed by atoms with E-state index in [2.05, 4.69) is 39.5 Å². The van der Waals surface area contributed by atoms with Gasteiger partial charge in [0.1, 0.15) is 11.6 Å². The first-order chi connectivity index (χ1) is 8.78. The Morgan fingerprint density at radius 2 is 1.89 bits per heavy atom. The van der Waals surface area contributed by atoms with Crippen LogP contribution in [0.15, 0.2) is 12.4 Å². The first-order valence-corrected chi connectivity index (χ1v) is 6.76. The quantitative estimate of drug-likeness (QED) is 0.831. The summed E-state index contributed by atoms with van der Waals surface area (Å²) >= 11 is 0. The molecule has 5 nitrogen and oxygen atoms in total. The number of likely N-dealkylation sites (tertiary alicyclic amines) is 1. The summed E-state index contributed by atoms with van der Waals surface area (Å²) in [7, 11) is 2.19. The second-order valence-corrected chi connectivity index (χ2v) is 4.95.